The van der Waals surface area contributed by atoms with Crippen LogP contribution in [0.1, 0.15) is 12.0 Å². The van der Waals surface area contributed by atoms with Crippen molar-refractivity contribution in [2.24, 2.45) is 0 Å². The maximum Gasteiger partial charge on any atom is 0.126 e. The molecule has 1 saturated heterocycles. The Kier molecular flexibility index (Phi) is 2.71. The Morgan fingerprint density at radius 1 is 1.40 bits per heavy atom. The van der Waals surface area contributed by atoms with E-state index < -0.39 is 17.2 Å². The fraction of sp³-hybridized carbons (Fsp3) is 0.455. The number of hydrogen-bond donors (Lipinski definition) is 2. The van der Waals surface area contributed by atoms with Gasteiger partial charge in [0.1, 0.15) is 11.6 Å². The van der Waals surface area contributed by atoms with E-state index in [0.717, 1.165) is 18.2 Å². The van der Waals surface area contributed by atoms with Crippen LogP contribution in [-0.2, 0) is 6.42 Å². The number of β-amino-alcohol motifs (C(OH)–C–C–N with tert-alkyl or cyclic N) is 1. The predicted molar refractivity (Wildman–Crippen MR) is 52.5 cm³/mol. The zero-order chi connectivity index (χ0) is 10.9. The molecule has 2 nitrogen and oxygen atoms in total. The van der Waals surface area contributed by atoms with Crippen LogP contribution in [0.4, 0.5) is 8.78 Å². The number of nitrogens with one attached hydrogen (secondary N) is 1. The molecule has 1 aliphatic heterocycles. The molecule has 1 atom stereocenters. The minimum Gasteiger partial charge on any atom is -0.388 e. The van der Waals surface area contributed by atoms with Gasteiger partial charge in [-0.1, -0.05) is 0 Å². The molecule has 82 valence electrons. The minimum absolute atomic E-state index is 0.156. The van der Waals surface area contributed by atoms with Gasteiger partial charge in [0.15, 0.2) is 0 Å². The molecule has 0 bridgehead atoms. The average molecular weight is 213 g/mol. The molecule has 0 amide bonds. The minimum atomic E-state index is -0.936. The molecule has 1 aromatic rings. The summed E-state index contributed by atoms with van der Waals surface area (Å²) in [5, 5.41) is 13.0. The van der Waals surface area contributed by atoms with Gasteiger partial charge in [-0.15, -0.1) is 0 Å². The Labute approximate surface area is 86.9 Å². The Morgan fingerprint density at radius 3 is 2.87 bits per heavy atom. The second-order valence-electron chi connectivity index (χ2n) is 4.06. The van der Waals surface area contributed by atoms with E-state index in [4.69, 9.17) is 0 Å². The molecule has 0 saturated carbocycles. The van der Waals surface area contributed by atoms with Crippen LogP contribution in [0.15, 0.2) is 18.2 Å². The molecule has 0 aliphatic carbocycles. The van der Waals surface area contributed by atoms with Crippen LogP contribution >= 0.6 is 0 Å². The summed E-state index contributed by atoms with van der Waals surface area (Å²) in [7, 11) is 0. The van der Waals surface area contributed by atoms with Gasteiger partial charge in [0.2, 0.25) is 0 Å². The quantitative estimate of drug-likeness (QED) is 0.774. The smallest absolute Gasteiger partial charge is 0.126 e. The summed E-state index contributed by atoms with van der Waals surface area (Å²) in [6.07, 6.45) is 0.729. The summed E-state index contributed by atoms with van der Waals surface area (Å²) < 4.78 is 26.2. The van der Waals surface area contributed by atoms with Crippen LogP contribution < -0.4 is 5.32 Å². The van der Waals surface area contributed by atoms with Crippen molar-refractivity contribution in [3.63, 3.8) is 0 Å². The predicted octanol–water partition coefficient (Wildman–Crippen LogP) is 1.23. The maximum absolute atomic E-state index is 13.3. The van der Waals surface area contributed by atoms with Crippen molar-refractivity contribution in [2.45, 2.75) is 18.4 Å². The fourth-order valence-corrected chi connectivity index (χ4v) is 1.91. The standard InChI is InChI=1S/C11H13F2NO/c12-9-1-2-10(13)8(5-9)6-11(15)3-4-14-7-11/h1-2,5,14-15H,3-4,6-7H2. The lowest BCUT2D eigenvalue weighted by Crippen LogP contribution is -2.34. The topological polar surface area (TPSA) is 32.3 Å². The third-order valence-corrected chi connectivity index (χ3v) is 2.75. The van der Waals surface area contributed by atoms with Gasteiger partial charge in [-0.2, -0.15) is 0 Å². The van der Waals surface area contributed by atoms with Crippen LogP contribution in [0.3, 0.4) is 0 Å². The van der Waals surface area contributed by atoms with Crippen molar-refractivity contribution < 1.29 is 13.9 Å². The van der Waals surface area contributed by atoms with E-state index in [9.17, 15) is 13.9 Å². The molecule has 1 heterocycles. The van der Waals surface area contributed by atoms with Crippen molar-refractivity contribution >= 4 is 0 Å². The number of hydrogen-bond acceptors (Lipinski definition) is 2. The van der Waals surface area contributed by atoms with E-state index in [2.05, 4.69) is 5.32 Å². The summed E-state index contributed by atoms with van der Waals surface area (Å²) in [4.78, 5) is 0. The molecule has 2 N–H and O–H groups in total. The van der Waals surface area contributed by atoms with E-state index >= 15 is 0 Å². The van der Waals surface area contributed by atoms with Crippen LogP contribution in [0, 0.1) is 11.6 Å². The molecule has 0 aromatic heterocycles. The molecule has 1 fully saturated rings. The summed E-state index contributed by atoms with van der Waals surface area (Å²) >= 11 is 0. The van der Waals surface area contributed by atoms with E-state index in [1.807, 2.05) is 0 Å². The average Bonchev–Trinajstić information content (AvgIpc) is 2.59. The molecular formula is C11H13F2NO. The Balaban J connectivity index is 2.19. The van der Waals surface area contributed by atoms with E-state index in [-0.39, 0.29) is 12.0 Å². The van der Waals surface area contributed by atoms with Crippen molar-refractivity contribution in [1.82, 2.24) is 5.32 Å². The highest BCUT2D eigenvalue weighted by atomic mass is 19.1. The monoisotopic (exact) mass is 213 g/mol. The zero-order valence-corrected chi connectivity index (χ0v) is 8.26. The lowest BCUT2D eigenvalue weighted by molar-refractivity contribution is 0.0609. The Hall–Kier alpha value is -1.00. The molecule has 2 rings (SSSR count). The lowest BCUT2D eigenvalue weighted by Gasteiger charge is -2.21. The van der Waals surface area contributed by atoms with E-state index in [1.54, 1.807) is 0 Å². The molecule has 0 spiro atoms. The van der Waals surface area contributed by atoms with E-state index in [1.165, 1.54) is 0 Å². The van der Waals surface area contributed by atoms with Crippen molar-refractivity contribution in [3.05, 3.63) is 35.4 Å². The normalized spacial score (nSPS) is 25.8. The summed E-state index contributed by atoms with van der Waals surface area (Å²) in [5.41, 5.74) is -0.699. The van der Waals surface area contributed by atoms with Gasteiger partial charge in [-0.05, 0) is 36.7 Å². The molecular weight excluding hydrogens is 200 g/mol. The van der Waals surface area contributed by atoms with E-state index in [0.29, 0.717) is 19.5 Å². The third-order valence-electron chi connectivity index (χ3n) is 2.75. The second kappa shape index (κ2) is 3.87. The van der Waals surface area contributed by atoms with Gasteiger partial charge in [0, 0.05) is 13.0 Å². The van der Waals surface area contributed by atoms with Gasteiger partial charge in [-0.3, -0.25) is 0 Å². The summed E-state index contributed by atoms with van der Waals surface area (Å²) in [5.74, 6) is -0.933. The number of halogens is 2. The van der Waals surface area contributed by atoms with Crippen LogP contribution in [0.2, 0.25) is 0 Å². The largest absolute Gasteiger partial charge is 0.388 e. The van der Waals surface area contributed by atoms with Gasteiger partial charge in [-0.25, -0.2) is 8.78 Å². The van der Waals surface area contributed by atoms with Gasteiger partial charge in [0.25, 0.3) is 0 Å². The third kappa shape index (κ3) is 2.33. The molecule has 15 heavy (non-hydrogen) atoms. The molecule has 1 aromatic carbocycles. The molecule has 0 radical (unpaired) electrons. The highest BCUT2D eigenvalue weighted by molar-refractivity contribution is 5.21. The maximum atomic E-state index is 13.3. The first-order chi connectivity index (χ1) is 7.09. The summed E-state index contributed by atoms with van der Waals surface area (Å²) in [6, 6.07) is 3.32. The van der Waals surface area contributed by atoms with Gasteiger partial charge < -0.3 is 10.4 Å². The Bertz CT molecular complexity index is 362. The Morgan fingerprint density at radius 2 is 2.20 bits per heavy atom. The van der Waals surface area contributed by atoms with Crippen LogP contribution in [0.25, 0.3) is 0 Å². The molecule has 1 unspecified atom stereocenters. The molecule has 4 heteroatoms. The van der Waals surface area contributed by atoms with Crippen molar-refractivity contribution in [2.75, 3.05) is 13.1 Å². The number of aliphatic hydroxyl groups is 1. The highest BCUT2D eigenvalue weighted by Gasteiger charge is 2.31. The summed E-state index contributed by atoms with van der Waals surface area (Å²) in [6.45, 7) is 1.15. The first-order valence-corrected chi connectivity index (χ1v) is 4.96. The first-order valence-electron chi connectivity index (χ1n) is 4.96. The van der Waals surface area contributed by atoms with Crippen LogP contribution in [-0.4, -0.2) is 23.8 Å². The lowest BCUT2D eigenvalue weighted by atomic mass is 9.93. The van der Waals surface area contributed by atoms with Gasteiger partial charge >= 0.3 is 0 Å². The number of benzene rings is 1. The zero-order valence-electron chi connectivity index (χ0n) is 8.26. The SMILES string of the molecule is OC1(Cc2cc(F)ccc2F)CCNC1. The number of rotatable bonds is 2. The van der Waals surface area contributed by atoms with Crippen molar-refractivity contribution in [1.29, 1.82) is 0 Å². The van der Waals surface area contributed by atoms with Gasteiger partial charge in [0.05, 0.1) is 5.60 Å². The van der Waals surface area contributed by atoms with Crippen LogP contribution in [0.5, 0.6) is 0 Å². The molecule has 1 aliphatic rings. The second-order valence-corrected chi connectivity index (χ2v) is 4.06. The highest BCUT2D eigenvalue weighted by Crippen LogP contribution is 2.22. The first kappa shape index (κ1) is 10.5. The van der Waals surface area contributed by atoms with Crippen molar-refractivity contribution in [3.8, 4) is 0 Å². The fourth-order valence-electron chi connectivity index (χ4n) is 1.91.